The molecule has 0 aliphatic carbocycles. The van der Waals surface area contributed by atoms with Crippen LogP contribution in [0.1, 0.15) is 16.8 Å². The molecule has 1 aromatic heterocycles. The maximum Gasteiger partial charge on any atom is 0.335 e. The molecule has 3 N–H and O–H groups in total. The van der Waals surface area contributed by atoms with E-state index in [1.54, 1.807) is 17.0 Å². The van der Waals surface area contributed by atoms with E-state index in [1.165, 1.54) is 12.1 Å². The standard InChI is InChI=1S/C11H11N3O3/c12-10(15)3-4-14-6-13-8-2-1-7(11(16)17)5-9(8)14/h1-2,5-6H,3-4H2,(H2,12,15)(H,16,17). The van der Waals surface area contributed by atoms with Gasteiger partial charge in [-0.3, -0.25) is 4.79 Å². The first-order valence-corrected chi connectivity index (χ1v) is 5.04. The highest BCUT2D eigenvalue weighted by Crippen LogP contribution is 2.15. The van der Waals surface area contributed by atoms with Gasteiger partial charge in [-0.05, 0) is 18.2 Å². The lowest BCUT2D eigenvalue weighted by molar-refractivity contribution is -0.118. The lowest BCUT2D eigenvalue weighted by Crippen LogP contribution is -2.13. The van der Waals surface area contributed by atoms with Crippen molar-refractivity contribution in [2.45, 2.75) is 13.0 Å². The molecule has 0 aliphatic rings. The largest absolute Gasteiger partial charge is 0.478 e. The Morgan fingerprint density at radius 1 is 1.41 bits per heavy atom. The second-order valence-electron chi connectivity index (χ2n) is 3.66. The van der Waals surface area contributed by atoms with E-state index in [0.29, 0.717) is 17.6 Å². The van der Waals surface area contributed by atoms with Gasteiger partial charge in [0.15, 0.2) is 0 Å². The van der Waals surface area contributed by atoms with Gasteiger partial charge >= 0.3 is 5.97 Å². The molecule has 0 atom stereocenters. The van der Waals surface area contributed by atoms with E-state index in [-0.39, 0.29) is 12.0 Å². The summed E-state index contributed by atoms with van der Waals surface area (Å²) in [5, 5.41) is 8.89. The van der Waals surface area contributed by atoms with Crippen molar-refractivity contribution in [2.24, 2.45) is 5.73 Å². The minimum absolute atomic E-state index is 0.193. The molecule has 0 radical (unpaired) electrons. The summed E-state index contributed by atoms with van der Waals surface area (Å²) in [6.07, 6.45) is 1.77. The number of primary amides is 1. The quantitative estimate of drug-likeness (QED) is 0.808. The molecule has 2 aromatic rings. The van der Waals surface area contributed by atoms with Crippen LogP contribution in [0, 0.1) is 0 Å². The lowest BCUT2D eigenvalue weighted by Gasteiger charge is -2.02. The third-order valence-corrected chi connectivity index (χ3v) is 2.47. The number of benzene rings is 1. The number of aryl methyl sites for hydroxylation is 1. The van der Waals surface area contributed by atoms with Crippen molar-refractivity contribution in [3.05, 3.63) is 30.1 Å². The fraction of sp³-hybridized carbons (Fsp3) is 0.182. The maximum atomic E-state index is 10.8. The van der Waals surface area contributed by atoms with E-state index >= 15 is 0 Å². The monoisotopic (exact) mass is 233 g/mol. The topological polar surface area (TPSA) is 98.2 Å². The summed E-state index contributed by atoms with van der Waals surface area (Å²) in [5.41, 5.74) is 6.64. The number of hydrogen-bond donors (Lipinski definition) is 2. The number of nitrogens with two attached hydrogens (primary N) is 1. The third kappa shape index (κ3) is 2.25. The predicted molar refractivity (Wildman–Crippen MR) is 60.5 cm³/mol. The number of aromatic nitrogens is 2. The zero-order valence-electron chi connectivity index (χ0n) is 8.96. The number of nitrogens with zero attached hydrogens (tertiary/aromatic N) is 2. The molecular weight excluding hydrogens is 222 g/mol. The molecule has 1 heterocycles. The minimum atomic E-state index is -0.991. The second kappa shape index (κ2) is 4.25. The number of hydrogen-bond acceptors (Lipinski definition) is 3. The van der Waals surface area contributed by atoms with Gasteiger partial charge in [0.05, 0.1) is 22.9 Å². The number of fused-ring (bicyclic) bond motifs is 1. The lowest BCUT2D eigenvalue weighted by atomic mass is 10.2. The Bertz CT molecular complexity index is 589. The Morgan fingerprint density at radius 2 is 2.18 bits per heavy atom. The Labute approximate surface area is 96.7 Å². The molecule has 0 unspecified atom stereocenters. The van der Waals surface area contributed by atoms with Gasteiger partial charge in [-0.15, -0.1) is 0 Å². The van der Waals surface area contributed by atoms with Crippen molar-refractivity contribution in [1.29, 1.82) is 0 Å². The second-order valence-corrected chi connectivity index (χ2v) is 3.66. The molecule has 17 heavy (non-hydrogen) atoms. The molecule has 0 saturated heterocycles. The van der Waals surface area contributed by atoms with Crippen LogP contribution < -0.4 is 5.73 Å². The van der Waals surface area contributed by atoms with Crippen molar-refractivity contribution in [3.8, 4) is 0 Å². The van der Waals surface area contributed by atoms with E-state index < -0.39 is 11.9 Å². The molecule has 0 fully saturated rings. The summed E-state index contributed by atoms with van der Waals surface area (Å²) in [6.45, 7) is 0.398. The van der Waals surface area contributed by atoms with Gasteiger partial charge < -0.3 is 15.4 Å². The van der Waals surface area contributed by atoms with Crippen LogP contribution in [0.5, 0.6) is 0 Å². The number of carbonyl (C=O) groups is 2. The van der Waals surface area contributed by atoms with Gasteiger partial charge in [-0.25, -0.2) is 9.78 Å². The first-order valence-electron chi connectivity index (χ1n) is 5.04. The highest BCUT2D eigenvalue weighted by Gasteiger charge is 2.08. The Morgan fingerprint density at radius 3 is 2.82 bits per heavy atom. The van der Waals surface area contributed by atoms with E-state index in [0.717, 1.165) is 0 Å². The summed E-state index contributed by atoms with van der Waals surface area (Å²) < 4.78 is 1.71. The fourth-order valence-corrected chi connectivity index (χ4v) is 1.60. The molecule has 2 rings (SSSR count). The number of carboxylic acids is 1. The van der Waals surface area contributed by atoms with Crippen LogP contribution >= 0.6 is 0 Å². The fourth-order valence-electron chi connectivity index (χ4n) is 1.60. The number of carbonyl (C=O) groups excluding carboxylic acids is 1. The molecule has 0 bridgehead atoms. The van der Waals surface area contributed by atoms with E-state index in [4.69, 9.17) is 10.8 Å². The first kappa shape index (κ1) is 11.1. The number of amides is 1. The average Bonchev–Trinajstić information content (AvgIpc) is 2.68. The summed E-state index contributed by atoms with van der Waals surface area (Å²) in [5.74, 6) is -1.39. The third-order valence-electron chi connectivity index (χ3n) is 2.47. The average molecular weight is 233 g/mol. The number of aromatic carboxylic acids is 1. The molecule has 1 amide bonds. The highest BCUT2D eigenvalue weighted by molar-refractivity contribution is 5.92. The van der Waals surface area contributed by atoms with Crippen molar-refractivity contribution in [3.63, 3.8) is 0 Å². The SMILES string of the molecule is NC(=O)CCn1cnc2ccc(C(=O)O)cc21. The molecule has 0 aliphatic heterocycles. The Kier molecular flexibility index (Phi) is 2.78. The van der Waals surface area contributed by atoms with E-state index in [2.05, 4.69) is 4.98 Å². The Hall–Kier alpha value is -2.37. The van der Waals surface area contributed by atoms with Gasteiger partial charge in [0, 0.05) is 13.0 Å². The maximum absolute atomic E-state index is 10.8. The summed E-state index contributed by atoms with van der Waals surface area (Å²) in [4.78, 5) is 25.7. The first-order chi connectivity index (χ1) is 8.08. The van der Waals surface area contributed by atoms with Crippen LogP contribution in [0.2, 0.25) is 0 Å². The van der Waals surface area contributed by atoms with Crippen molar-refractivity contribution < 1.29 is 14.7 Å². The number of rotatable bonds is 4. The van der Waals surface area contributed by atoms with Crippen molar-refractivity contribution in [2.75, 3.05) is 0 Å². The van der Waals surface area contributed by atoms with Crippen LogP contribution in [0.4, 0.5) is 0 Å². The summed E-state index contributed by atoms with van der Waals surface area (Å²) in [7, 11) is 0. The van der Waals surface area contributed by atoms with E-state index in [9.17, 15) is 9.59 Å². The summed E-state index contributed by atoms with van der Waals surface area (Å²) >= 11 is 0. The van der Waals surface area contributed by atoms with Gasteiger partial charge in [0.1, 0.15) is 0 Å². The molecule has 6 heteroatoms. The molecule has 1 aromatic carbocycles. The number of imidazole rings is 1. The van der Waals surface area contributed by atoms with Gasteiger partial charge in [-0.1, -0.05) is 0 Å². The Balaban J connectivity index is 2.39. The van der Waals surface area contributed by atoms with Crippen LogP contribution in [0.25, 0.3) is 11.0 Å². The minimum Gasteiger partial charge on any atom is -0.478 e. The van der Waals surface area contributed by atoms with Crippen LogP contribution in [-0.2, 0) is 11.3 Å². The predicted octanol–water partition coefficient (Wildman–Crippen LogP) is 0.610. The zero-order chi connectivity index (χ0) is 12.4. The summed E-state index contributed by atoms with van der Waals surface area (Å²) in [6, 6.07) is 4.67. The highest BCUT2D eigenvalue weighted by atomic mass is 16.4. The smallest absolute Gasteiger partial charge is 0.335 e. The van der Waals surface area contributed by atoms with Crippen molar-refractivity contribution >= 4 is 22.9 Å². The molecule has 88 valence electrons. The molecular formula is C11H11N3O3. The molecule has 0 spiro atoms. The van der Waals surface area contributed by atoms with Gasteiger partial charge in [0.25, 0.3) is 0 Å². The molecule has 6 nitrogen and oxygen atoms in total. The van der Waals surface area contributed by atoms with Gasteiger partial charge in [0.2, 0.25) is 5.91 Å². The normalized spacial score (nSPS) is 10.6. The molecule has 0 saturated carbocycles. The van der Waals surface area contributed by atoms with Crippen LogP contribution in [0.15, 0.2) is 24.5 Å². The van der Waals surface area contributed by atoms with Crippen molar-refractivity contribution in [1.82, 2.24) is 9.55 Å². The van der Waals surface area contributed by atoms with Gasteiger partial charge in [-0.2, -0.15) is 0 Å². The zero-order valence-corrected chi connectivity index (χ0v) is 8.96. The van der Waals surface area contributed by atoms with Crippen LogP contribution in [-0.4, -0.2) is 26.5 Å². The number of carboxylic acid groups (broad SMARTS) is 1. The van der Waals surface area contributed by atoms with E-state index in [1.807, 2.05) is 0 Å². The van der Waals surface area contributed by atoms with Crippen LogP contribution in [0.3, 0.4) is 0 Å².